The summed E-state index contributed by atoms with van der Waals surface area (Å²) in [5.74, 6) is 0.953. The molecule has 0 spiro atoms. The van der Waals surface area contributed by atoms with Crippen molar-refractivity contribution >= 4 is 46.4 Å². The molecule has 0 radical (unpaired) electrons. The van der Waals surface area contributed by atoms with E-state index >= 15 is 0 Å². The van der Waals surface area contributed by atoms with Gasteiger partial charge in [-0.05, 0) is 60.2 Å². The van der Waals surface area contributed by atoms with Crippen molar-refractivity contribution in [3.8, 4) is 11.5 Å². The highest BCUT2D eigenvalue weighted by molar-refractivity contribution is 7.09. The zero-order valence-corrected chi connectivity index (χ0v) is 23.7. The molecule has 9 heteroatoms. The summed E-state index contributed by atoms with van der Waals surface area (Å²) in [6, 6.07) is 14.5. The number of halogens is 2. The molecular weight excluding hydrogens is 531 g/mol. The van der Waals surface area contributed by atoms with Gasteiger partial charge in [0.2, 0.25) is 5.91 Å². The minimum Gasteiger partial charge on any atom is -0.493 e. The molecule has 0 fully saturated rings. The number of amides is 2. The number of thiophene rings is 1. The first-order valence-corrected chi connectivity index (χ1v) is 13.7. The van der Waals surface area contributed by atoms with E-state index in [0.29, 0.717) is 53.2 Å². The Hall–Kier alpha value is -2.74. The third-order valence-corrected chi connectivity index (χ3v) is 7.56. The largest absolute Gasteiger partial charge is 0.493 e. The summed E-state index contributed by atoms with van der Waals surface area (Å²) in [5, 5.41) is 2.68. The molecule has 3 rings (SSSR count). The van der Waals surface area contributed by atoms with E-state index in [1.165, 1.54) is 0 Å². The predicted octanol–water partition coefficient (Wildman–Crippen LogP) is 6.59. The van der Waals surface area contributed by atoms with Crippen LogP contribution >= 0.6 is 34.5 Å². The molecule has 2 aromatic carbocycles. The summed E-state index contributed by atoms with van der Waals surface area (Å²) >= 11 is 13.8. The van der Waals surface area contributed by atoms with E-state index in [4.69, 9.17) is 32.7 Å². The molecule has 0 atom stereocenters. The molecule has 0 saturated heterocycles. The second kappa shape index (κ2) is 14.3. The quantitative estimate of drug-likeness (QED) is 0.236. The molecule has 0 aliphatic rings. The standard InChI is InChI=1S/C28H32Cl2N2O4S/c1-4-5-13-32(28(34)21-9-10-23(29)24(30)17-21)19-27(33)31(18-22-7-6-15-37-22)14-12-20-8-11-25(35-2)26(16-20)36-3/h6-11,15-17H,4-5,12-14,18-19H2,1-3H3. The van der Waals surface area contributed by atoms with Gasteiger partial charge in [-0.15, -0.1) is 11.3 Å². The number of rotatable bonds is 13. The van der Waals surface area contributed by atoms with Gasteiger partial charge in [-0.1, -0.05) is 48.7 Å². The number of carbonyl (C=O) groups is 2. The van der Waals surface area contributed by atoms with E-state index in [2.05, 4.69) is 6.92 Å². The van der Waals surface area contributed by atoms with Crippen LogP contribution in [0.2, 0.25) is 10.0 Å². The van der Waals surface area contributed by atoms with Crippen LogP contribution in [-0.4, -0.2) is 55.5 Å². The number of unbranched alkanes of at least 4 members (excludes halogenated alkanes) is 1. The molecule has 0 unspecified atom stereocenters. The number of hydrogen-bond donors (Lipinski definition) is 0. The first-order chi connectivity index (χ1) is 17.9. The van der Waals surface area contributed by atoms with Crippen LogP contribution in [0.4, 0.5) is 0 Å². The Kier molecular flexibility index (Phi) is 11.1. The molecule has 0 N–H and O–H groups in total. The summed E-state index contributed by atoms with van der Waals surface area (Å²) in [4.78, 5) is 31.4. The van der Waals surface area contributed by atoms with Gasteiger partial charge in [0.25, 0.3) is 5.91 Å². The zero-order chi connectivity index (χ0) is 26.8. The first-order valence-electron chi connectivity index (χ1n) is 12.1. The van der Waals surface area contributed by atoms with Gasteiger partial charge in [0.15, 0.2) is 11.5 Å². The van der Waals surface area contributed by atoms with Gasteiger partial charge in [0.05, 0.1) is 30.8 Å². The Labute approximate surface area is 232 Å². The fourth-order valence-corrected chi connectivity index (χ4v) is 4.88. The highest BCUT2D eigenvalue weighted by Crippen LogP contribution is 2.28. The van der Waals surface area contributed by atoms with Crippen molar-refractivity contribution in [3.05, 3.63) is 80.0 Å². The van der Waals surface area contributed by atoms with Crippen molar-refractivity contribution < 1.29 is 19.1 Å². The number of nitrogens with zero attached hydrogens (tertiary/aromatic N) is 2. The van der Waals surface area contributed by atoms with Crippen LogP contribution in [0.15, 0.2) is 53.9 Å². The average molecular weight is 564 g/mol. The number of benzene rings is 2. The Morgan fingerprint density at radius 1 is 0.919 bits per heavy atom. The molecule has 0 aliphatic heterocycles. The van der Waals surface area contributed by atoms with Crippen molar-refractivity contribution in [2.24, 2.45) is 0 Å². The van der Waals surface area contributed by atoms with Crippen LogP contribution in [-0.2, 0) is 17.8 Å². The van der Waals surface area contributed by atoms with Gasteiger partial charge in [0, 0.05) is 23.5 Å². The van der Waals surface area contributed by atoms with E-state index in [0.717, 1.165) is 23.3 Å². The van der Waals surface area contributed by atoms with E-state index in [-0.39, 0.29) is 18.4 Å². The Morgan fingerprint density at radius 2 is 1.70 bits per heavy atom. The second-order valence-corrected chi connectivity index (χ2v) is 10.4. The van der Waals surface area contributed by atoms with Gasteiger partial charge in [-0.2, -0.15) is 0 Å². The van der Waals surface area contributed by atoms with E-state index in [1.807, 2.05) is 40.6 Å². The molecular formula is C28H32Cl2N2O4S. The van der Waals surface area contributed by atoms with Crippen LogP contribution in [0.5, 0.6) is 11.5 Å². The van der Waals surface area contributed by atoms with Crippen LogP contribution in [0, 0.1) is 0 Å². The minimum absolute atomic E-state index is 0.0175. The average Bonchev–Trinajstić information content (AvgIpc) is 3.43. The molecule has 3 aromatic rings. The summed E-state index contributed by atoms with van der Waals surface area (Å²) in [6.45, 7) is 3.48. The maximum Gasteiger partial charge on any atom is 0.254 e. The second-order valence-electron chi connectivity index (χ2n) is 8.54. The highest BCUT2D eigenvalue weighted by Gasteiger charge is 2.23. The molecule has 2 amide bonds. The maximum absolute atomic E-state index is 13.6. The smallest absolute Gasteiger partial charge is 0.254 e. The zero-order valence-electron chi connectivity index (χ0n) is 21.3. The summed E-state index contributed by atoms with van der Waals surface area (Å²) in [7, 11) is 3.20. The van der Waals surface area contributed by atoms with Crippen LogP contribution < -0.4 is 9.47 Å². The Bertz CT molecular complexity index is 1190. The van der Waals surface area contributed by atoms with Crippen molar-refractivity contribution in [1.29, 1.82) is 0 Å². The number of methoxy groups -OCH3 is 2. The predicted molar refractivity (Wildman–Crippen MR) is 150 cm³/mol. The number of hydrogen-bond acceptors (Lipinski definition) is 5. The monoisotopic (exact) mass is 562 g/mol. The van der Waals surface area contributed by atoms with Crippen LogP contribution in [0.25, 0.3) is 0 Å². The summed E-state index contributed by atoms with van der Waals surface area (Å²) in [5.41, 5.74) is 1.43. The fraction of sp³-hybridized carbons (Fsp3) is 0.357. The van der Waals surface area contributed by atoms with Crippen LogP contribution in [0.3, 0.4) is 0 Å². The van der Waals surface area contributed by atoms with Crippen molar-refractivity contribution in [3.63, 3.8) is 0 Å². The lowest BCUT2D eigenvalue weighted by atomic mass is 10.1. The lowest BCUT2D eigenvalue weighted by Crippen LogP contribution is -2.43. The highest BCUT2D eigenvalue weighted by atomic mass is 35.5. The fourth-order valence-electron chi connectivity index (χ4n) is 3.86. The van der Waals surface area contributed by atoms with Gasteiger partial charge < -0.3 is 19.3 Å². The third kappa shape index (κ3) is 8.12. The third-order valence-electron chi connectivity index (χ3n) is 5.96. The number of ether oxygens (including phenoxy) is 2. The van der Waals surface area contributed by atoms with Crippen molar-refractivity contribution in [1.82, 2.24) is 9.80 Å². The Morgan fingerprint density at radius 3 is 2.35 bits per heavy atom. The molecule has 0 saturated carbocycles. The van der Waals surface area contributed by atoms with Crippen LogP contribution in [0.1, 0.15) is 40.6 Å². The Balaban J connectivity index is 1.78. The first kappa shape index (κ1) is 28.8. The lowest BCUT2D eigenvalue weighted by Gasteiger charge is -2.28. The molecule has 198 valence electrons. The summed E-state index contributed by atoms with van der Waals surface area (Å²) < 4.78 is 10.8. The van der Waals surface area contributed by atoms with Gasteiger partial charge in [0.1, 0.15) is 6.54 Å². The molecule has 37 heavy (non-hydrogen) atoms. The van der Waals surface area contributed by atoms with Gasteiger partial charge in [-0.25, -0.2) is 0 Å². The molecule has 1 aromatic heterocycles. The van der Waals surface area contributed by atoms with E-state index in [9.17, 15) is 9.59 Å². The van der Waals surface area contributed by atoms with Gasteiger partial charge >= 0.3 is 0 Å². The van der Waals surface area contributed by atoms with Gasteiger partial charge in [-0.3, -0.25) is 9.59 Å². The van der Waals surface area contributed by atoms with Crippen molar-refractivity contribution in [2.45, 2.75) is 32.7 Å². The maximum atomic E-state index is 13.6. The lowest BCUT2D eigenvalue weighted by molar-refractivity contribution is -0.132. The summed E-state index contributed by atoms with van der Waals surface area (Å²) in [6.07, 6.45) is 2.32. The van der Waals surface area contributed by atoms with E-state index in [1.54, 1.807) is 48.7 Å². The normalized spacial score (nSPS) is 10.7. The molecule has 0 bridgehead atoms. The number of carbonyl (C=O) groups excluding carboxylic acids is 2. The van der Waals surface area contributed by atoms with E-state index < -0.39 is 0 Å². The van der Waals surface area contributed by atoms with Crippen molar-refractivity contribution in [2.75, 3.05) is 33.9 Å². The molecule has 0 aliphatic carbocycles. The SMILES string of the molecule is CCCCN(CC(=O)N(CCc1ccc(OC)c(OC)c1)Cc1cccs1)C(=O)c1ccc(Cl)c(Cl)c1. The minimum atomic E-state index is -0.240. The molecule has 6 nitrogen and oxygen atoms in total. The topological polar surface area (TPSA) is 59.1 Å². The molecule has 1 heterocycles.